The van der Waals surface area contributed by atoms with E-state index < -0.39 is 6.10 Å². The van der Waals surface area contributed by atoms with Crippen LogP contribution >= 0.6 is 0 Å². The highest BCUT2D eigenvalue weighted by molar-refractivity contribution is 5.36. The summed E-state index contributed by atoms with van der Waals surface area (Å²) < 4.78 is 10.6. The number of nitrogens with one attached hydrogen (secondary N) is 1. The summed E-state index contributed by atoms with van der Waals surface area (Å²) in [5.41, 5.74) is 1.14. The summed E-state index contributed by atoms with van der Waals surface area (Å²) in [7, 11) is 1.56. The molecule has 4 nitrogen and oxygen atoms in total. The Balaban J connectivity index is 2.71. The molecule has 0 heterocycles. The summed E-state index contributed by atoms with van der Waals surface area (Å²) in [6.45, 7) is 5.68. The molecule has 0 aromatic heterocycles. The third-order valence-electron chi connectivity index (χ3n) is 2.94. The summed E-state index contributed by atoms with van der Waals surface area (Å²) in [4.78, 5) is 0. The molecule has 2 atom stereocenters. The van der Waals surface area contributed by atoms with E-state index in [9.17, 15) is 5.11 Å². The van der Waals surface area contributed by atoms with Crippen LogP contribution in [0.5, 0.6) is 5.75 Å². The molecule has 0 aliphatic heterocycles. The van der Waals surface area contributed by atoms with Crippen molar-refractivity contribution in [2.24, 2.45) is 0 Å². The van der Waals surface area contributed by atoms with Gasteiger partial charge >= 0.3 is 0 Å². The van der Waals surface area contributed by atoms with Gasteiger partial charge in [-0.2, -0.15) is 0 Å². The van der Waals surface area contributed by atoms with E-state index in [0.29, 0.717) is 0 Å². The number of methoxy groups -OCH3 is 1. The number of para-hydroxylation sites is 1. The van der Waals surface area contributed by atoms with E-state index in [1.807, 2.05) is 18.2 Å². The maximum Gasteiger partial charge on any atom is 0.124 e. The van der Waals surface area contributed by atoms with Crippen molar-refractivity contribution in [3.05, 3.63) is 29.8 Å². The van der Waals surface area contributed by atoms with Gasteiger partial charge in [-0.15, -0.1) is 0 Å². The van der Waals surface area contributed by atoms with Crippen LogP contribution in [0, 0.1) is 0 Å². The Morgan fingerprint density at radius 1 is 1.21 bits per heavy atom. The SMILES string of the molecule is CCNC(CC)c1ccccc1OCC(O)COC. The number of benzene rings is 1. The van der Waals surface area contributed by atoms with Gasteiger partial charge in [-0.25, -0.2) is 0 Å². The first-order chi connectivity index (χ1) is 9.22. The molecule has 0 fully saturated rings. The number of hydrogen-bond donors (Lipinski definition) is 2. The average molecular weight is 267 g/mol. The number of aliphatic hydroxyl groups is 1. The summed E-state index contributed by atoms with van der Waals surface area (Å²) in [5, 5.41) is 13.1. The van der Waals surface area contributed by atoms with E-state index in [2.05, 4.69) is 25.2 Å². The fourth-order valence-corrected chi connectivity index (χ4v) is 2.05. The third kappa shape index (κ3) is 5.19. The summed E-state index contributed by atoms with van der Waals surface area (Å²) in [6, 6.07) is 8.23. The van der Waals surface area contributed by atoms with Crippen molar-refractivity contribution in [2.45, 2.75) is 32.4 Å². The fraction of sp³-hybridized carbons (Fsp3) is 0.600. The van der Waals surface area contributed by atoms with E-state index in [1.54, 1.807) is 7.11 Å². The fourth-order valence-electron chi connectivity index (χ4n) is 2.05. The van der Waals surface area contributed by atoms with Crippen molar-refractivity contribution in [1.82, 2.24) is 5.32 Å². The first-order valence-corrected chi connectivity index (χ1v) is 6.85. The van der Waals surface area contributed by atoms with E-state index in [1.165, 1.54) is 0 Å². The molecule has 0 aliphatic rings. The lowest BCUT2D eigenvalue weighted by Crippen LogP contribution is -2.24. The second-order valence-corrected chi connectivity index (χ2v) is 4.48. The maximum absolute atomic E-state index is 9.63. The van der Waals surface area contributed by atoms with Gasteiger partial charge in [0.05, 0.1) is 6.61 Å². The van der Waals surface area contributed by atoms with Crippen molar-refractivity contribution in [1.29, 1.82) is 0 Å². The highest BCUT2D eigenvalue weighted by atomic mass is 16.5. The van der Waals surface area contributed by atoms with Gasteiger partial charge in [0, 0.05) is 18.7 Å². The molecular formula is C15H25NO3. The Kier molecular flexibility index (Phi) is 7.48. The topological polar surface area (TPSA) is 50.7 Å². The Bertz CT molecular complexity index is 357. The first-order valence-electron chi connectivity index (χ1n) is 6.85. The summed E-state index contributed by atoms with van der Waals surface area (Å²) in [6.07, 6.45) is 0.395. The molecule has 0 saturated heterocycles. The molecule has 108 valence electrons. The molecule has 4 heteroatoms. The largest absolute Gasteiger partial charge is 0.490 e. The van der Waals surface area contributed by atoms with Crippen molar-refractivity contribution >= 4 is 0 Å². The minimum Gasteiger partial charge on any atom is -0.490 e. The number of hydrogen-bond acceptors (Lipinski definition) is 4. The molecule has 19 heavy (non-hydrogen) atoms. The van der Waals surface area contributed by atoms with Crippen LogP contribution in [0.2, 0.25) is 0 Å². The normalized spacial score (nSPS) is 14.1. The van der Waals surface area contributed by atoms with Gasteiger partial charge in [0.1, 0.15) is 18.5 Å². The highest BCUT2D eigenvalue weighted by Crippen LogP contribution is 2.27. The Hall–Kier alpha value is -1.10. The van der Waals surface area contributed by atoms with Gasteiger partial charge in [-0.05, 0) is 19.0 Å². The molecule has 1 aromatic carbocycles. The Morgan fingerprint density at radius 2 is 1.95 bits per heavy atom. The molecule has 0 aliphatic carbocycles. The van der Waals surface area contributed by atoms with Crippen molar-refractivity contribution in [3.8, 4) is 5.75 Å². The van der Waals surface area contributed by atoms with Crippen molar-refractivity contribution in [3.63, 3.8) is 0 Å². The molecule has 1 rings (SSSR count). The van der Waals surface area contributed by atoms with Gasteiger partial charge in [0.2, 0.25) is 0 Å². The molecule has 1 aromatic rings. The molecule has 0 saturated carbocycles. The van der Waals surface area contributed by atoms with E-state index in [0.717, 1.165) is 24.3 Å². The van der Waals surface area contributed by atoms with Gasteiger partial charge in [-0.1, -0.05) is 32.0 Å². The number of rotatable bonds is 9. The second-order valence-electron chi connectivity index (χ2n) is 4.48. The lowest BCUT2D eigenvalue weighted by atomic mass is 10.0. The second kappa shape index (κ2) is 8.91. The number of aliphatic hydroxyl groups excluding tert-OH is 1. The average Bonchev–Trinajstić information content (AvgIpc) is 2.43. The van der Waals surface area contributed by atoms with Crippen molar-refractivity contribution < 1.29 is 14.6 Å². The van der Waals surface area contributed by atoms with Crippen LogP contribution in [0.25, 0.3) is 0 Å². The van der Waals surface area contributed by atoms with Gasteiger partial charge in [-0.3, -0.25) is 0 Å². The number of ether oxygens (including phenoxy) is 2. The van der Waals surface area contributed by atoms with Gasteiger partial charge < -0.3 is 19.9 Å². The van der Waals surface area contributed by atoms with Crippen LogP contribution in [0.4, 0.5) is 0 Å². The Labute approximate surface area is 115 Å². The molecule has 0 bridgehead atoms. The molecule has 0 radical (unpaired) electrons. The zero-order chi connectivity index (χ0) is 14.1. The maximum atomic E-state index is 9.63. The van der Waals surface area contributed by atoms with Crippen LogP contribution in [0.15, 0.2) is 24.3 Å². The van der Waals surface area contributed by atoms with Crippen LogP contribution in [-0.2, 0) is 4.74 Å². The predicted octanol–water partition coefficient (Wildman–Crippen LogP) is 2.13. The molecule has 0 amide bonds. The lowest BCUT2D eigenvalue weighted by Gasteiger charge is -2.21. The van der Waals surface area contributed by atoms with Crippen LogP contribution in [-0.4, -0.2) is 38.1 Å². The lowest BCUT2D eigenvalue weighted by molar-refractivity contribution is 0.0322. The monoisotopic (exact) mass is 267 g/mol. The predicted molar refractivity (Wildman–Crippen MR) is 76.5 cm³/mol. The quantitative estimate of drug-likeness (QED) is 0.719. The molecule has 2 N–H and O–H groups in total. The smallest absolute Gasteiger partial charge is 0.124 e. The zero-order valence-electron chi connectivity index (χ0n) is 12.1. The van der Waals surface area contributed by atoms with Gasteiger partial charge in [0.25, 0.3) is 0 Å². The Morgan fingerprint density at radius 3 is 2.58 bits per heavy atom. The summed E-state index contributed by atoms with van der Waals surface area (Å²) in [5.74, 6) is 0.824. The van der Waals surface area contributed by atoms with E-state index in [-0.39, 0.29) is 19.3 Å². The van der Waals surface area contributed by atoms with Crippen LogP contribution in [0.3, 0.4) is 0 Å². The zero-order valence-corrected chi connectivity index (χ0v) is 12.1. The van der Waals surface area contributed by atoms with Gasteiger partial charge in [0.15, 0.2) is 0 Å². The summed E-state index contributed by atoms with van der Waals surface area (Å²) >= 11 is 0. The van der Waals surface area contributed by atoms with E-state index >= 15 is 0 Å². The van der Waals surface area contributed by atoms with Crippen molar-refractivity contribution in [2.75, 3.05) is 26.9 Å². The molecular weight excluding hydrogens is 242 g/mol. The molecule has 0 spiro atoms. The third-order valence-corrected chi connectivity index (χ3v) is 2.94. The molecule has 2 unspecified atom stereocenters. The minimum atomic E-state index is -0.600. The first kappa shape index (κ1) is 16.0. The minimum absolute atomic E-state index is 0.243. The van der Waals surface area contributed by atoms with Crippen LogP contribution < -0.4 is 10.1 Å². The van der Waals surface area contributed by atoms with E-state index in [4.69, 9.17) is 9.47 Å². The standard InChI is InChI=1S/C15H25NO3/c1-4-14(16-5-2)13-8-6-7-9-15(13)19-11-12(17)10-18-3/h6-9,12,14,16-17H,4-5,10-11H2,1-3H3. The van der Waals surface area contributed by atoms with Crippen LogP contribution in [0.1, 0.15) is 31.9 Å². The highest BCUT2D eigenvalue weighted by Gasteiger charge is 2.14.